The smallest absolute Gasteiger partial charge is 0.166 e. The molecule has 1 rings (SSSR count). The maximum Gasteiger partial charge on any atom is 0.166 e. The first-order valence-corrected chi connectivity index (χ1v) is 6.04. The van der Waals surface area contributed by atoms with Crippen LogP contribution in [0.25, 0.3) is 0 Å². The van der Waals surface area contributed by atoms with Crippen molar-refractivity contribution in [1.29, 1.82) is 0 Å². The molecule has 1 unspecified atom stereocenters. The zero-order valence-electron chi connectivity index (χ0n) is 9.06. The van der Waals surface area contributed by atoms with Gasteiger partial charge in [0.05, 0.1) is 0 Å². The molecule has 1 aromatic rings. The minimum Gasteiger partial charge on any atom is -0.365 e. The molecule has 0 aliphatic carbocycles. The van der Waals surface area contributed by atoms with Crippen molar-refractivity contribution < 1.29 is 4.39 Å². The summed E-state index contributed by atoms with van der Waals surface area (Å²) in [6.07, 6.45) is 4.70. The number of anilines is 1. The Morgan fingerprint density at radius 1 is 1.53 bits per heavy atom. The molecule has 0 saturated heterocycles. The number of nitrogens with one attached hydrogen (secondary N) is 1. The maximum atomic E-state index is 13.4. The molecule has 0 saturated carbocycles. The first kappa shape index (κ1) is 12.4. The van der Waals surface area contributed by atoms with E-state index in [0.29, 0.717) is 16.3 Å². The number of nitrogens with zero attached hydrogens (tertiary/aromatic N) is 1. The molecule has 0 aromatic carbocycles. The van der Waals surface area contributed by atoms with Gasteiger partial charge in [-0.15, -0.1) is 0 Å². The van der Waals surface area contributed by atoms with Crippen LogP contribution in [0.4, 0.5) is 10.2 Å². The number of hydrogen-bond acceptors (Lipinski definition) is 2. The molecule has 1 heterocycles. The molecule has 1 aromatic heterocycles. The highest BCUT2D eigenvalue weighted by atomic mass is 79.9. The van der Waals surface area contributed by atoms with E-state index in [9.17, 15) is 4.39 Å². The Balaban J connectivity index is 2.70. The summed E-state index contributed by atoms with van der Waals surface area (Å²) in [6, 6.07) is 1.73. The van der Waals surface area contributed by atoms with E-state index in [1.807, 2.05) is 0 Å². The monoisotopic (exact) mass is 274 g/mol. The quantitative estimate of drug-likeness (QED) is 0.879. The van der Waals surface area contributed by atoms with Crippen LogP contribution in [0.1, 0.15) is 33.1 Å². The van der Waals surface area contributed by atoms with E-state index in [0.717, 1.165) is 19.3 Å². The van der Waals surface area contributed by atoms with E-state index in [1.165, 1.54) is 6.07 Å². The summed E-state index contributed by atoms with van der Waals surface area (Å²) in [5, 5.41) is 3.12. The fraction of sp³-hybridized carbons (Fsp3) is 0.545. The van der Waals surface area contributed by atoms with Crippen molar-refractivity contribution in [3.63, 3.8) is 0 Å². The Morgan fingerprint density at radius 3 is 2.80 bits per heavy atom. The van der Waals surface area contributed by atoms with Gasteiger partial charge in [-0.25, -0.2) is 9.37 Å². The third kappa shape index (κ3) is 3.78. The van der Waals surface area contributed by atoms with Crippen molar-refractivity contribution in [2.24, 2.45) is 0 Å². The molecule has 0 bridgehead atoms. The molecule has 2 nitrogen and oxygen atoms in total. The second kappa shape index (κ2) is 6.05. The van der Waals surface area contributed by atoms with Gasteiger partial charge >= 0.3 is 0 Å². The standard InChI is InChI=1S/C11H16BrFN2/c1-3-5-9(4-2)15-11-10(13)6-8(12)7-14-11/h6-7,9H,3-5H2,1-2H3,(H,14,15). The van der Waals surface area contributed by atoms with Crippen molar-refractivity contribution in [1.82, 2.24) is 4.98 Å². The number of aromatic nitrogens is 1. The third-order valence-corrected chi connectivity index (χ3v) is 2.71. The lowest BCUT2D eigenvalue weighted by atomic mass is 10.1. The Hall–Kier alpha value is -0.640. The lowest BCUT2D eigenvalue weighted by Crippen LogP contribution is -2.19. The Labute approximate surface area is 98.4 Å². The van der Waals surface area contributed by atoms with Gasteiger partial charge in [0, 0.05) is 16.7 Å². The van der Waals surface area contributed by atoms with Crippen LogP contribution in [0.3, 0.4) is 0 Å². The summed E-state index contributed by atoms with van der Waals surface area (Å²) in [5.41, 5.74) is 0. The molecule has 15 heavy (non-hydrogen) atoms. The molecule has 0 spiro atoms. The van der Waals surface area contributed by atoms with Crippen molar-refractivity contribution >= 4 is 21.7 Å². The van der Waals surface area contributed by atoms with Gasteiger partial charge in [0.15, 0.2) is 11.6 Å². The summed E-state index contributed by atoms with van der Waals surface area (Å²) in [6.45, 7) is 4.21. The molecule has 0 fully saturated rings. The van der Waals surface area contributed by atoms with Crippen molar-refractivity contribution in [2.75, 3.05) is 5.32 Å². The van der Waals surface area contributed by atoms with Gasteiger partial charge in [-0.3, -0.25) is 0 Å². The molecule has 0 amide bonds. The van der Waals surface area contributed by atoms with Crippen LogP contribution in [0.2, 0.25) is 0 Å². The largest absolute Gasteiger partial charge is 0.365 e. The van der Waals surface area contributed by atoms with Crippen LogP contribution in [0.15, 0.2) is 16.7 Å². The van der Waals surface area contributed by atoms with Gasteiger partial charge in [-0.05, 0) is 34.8 Å². The van der Waals surface area contributed by atoms with E-state index >= 15 is 0 Å². The van der Waals surface area contributed by atoms with E-state index in [4.69, 9.17) is 0 Å². The first-order chi connectivity index (χ1) is 7.17. The van der Waals surface area contributed by atoms with E-state index in [2.05, 4.69) is 40.1 Å². The van der Waals surface area contributed by atoms with Crippen LogP contribution in [-0.2, 0) is 0 Å². The summed E-state index contributed by atoms with van der Waals surface area (Å²) < 4.78 is 14.1. The van der Waals surface area contributed by atoms with Crippen molar-refractivity contribution in [3.05, 3.63) is 22.6 Å². The second-order valence-corrected chi connectivity index (χ2v) is 4.44. The average Bonchev–Trinajstić information content (AvgIpc) is 2.21. The molecule has 84 valence electrons. The highest BCUT2D eigenvalue weighted by Crippen LogP contribution is 2.18. The number of pyridine rings is 1. The molecule has 0 aliphatic heterocycles. The summed E-state index contributed by atoms with van der Waals surface area (Å²) in [7, 11) is 0. The summed E-state index contributed by atoms with van der Waals surface area (Å²) in [5.74, 6) is 0.0393. The predicted molar refractivity (Wildman–Crippen MR) is 64.5 cm³/mol. The van der Waals surface area contributed by atoms with E-state index < -0.39 is 0 Å². The summed E-state index contributed by atoms with van der Waals surface area (Å²) >= 11 is 3.18. The van der Waals surface area contributed by atoms with Crippen LogP contribution in [0, 0.1) is 5.82 Å². The molecule has 4 heteroatoms. The molecular formula is C11H16BrFN2. The highest BCUT2D eigenvalue weighted by Gasteiger charge is 2.09. The maximum absolute atomic E-state index is 13.4. The molecule has 0 aliphatic rings. The molecule has 1 atom stereocenters. The highest BCUT2D eigenvalue weighted by molar-refractivity contribution is 9.10. The summed E-state index contributed by atoms with van der Waals surface area (Å²) in [4.78, 5) is 4.01. The number of hydrogen-bond donors (Lipinski definition) is 1. The SMILES string of the molecule is CCCC(CC)Nc1ncc(Br)cc1F. The second-order valence-electron chi connectivity index (χ2n) is 3.52. The van der Waals surface area contributed by atoms with Crippen molar-refractivity contribution in [3.8, 4) is 0 Å². The van der Waals surface area contributed by atoms with Crippen molar-refractivity contribution in [2.45, 2.75) is 39.2 Å². The normalized spacial score (nSPS) is 12.5. The lowest BCUT2D eigenvalue weighted by Gasteiger charge is -2.16. The van der Waals surface area contributed by atoms with Crippen LogP contribution < -0.4 is 5.32 Å². The lowest BCUT2D eigenvalue weighted by molar-refractivity contribution is 0.592. The number of halogens is 2. The van der Waals surface area contributed by atoms with Crippen LogP contribution in [0.5, 0.6) is 0 Å². The minimum atomic E-state index is -0.307. The zero-order chi connectivity index (χ0) is 11.3. The van der Waals surface area contributed by atoms with Gasteiger partial charge in [-0.1, -0.05) is 20.3 Å². The third-order valence-electron chi connectivity index (χ3n) is 2.28. The van der Waals surface area contributed by atoms with E-state index in [-0.39, 0.29) is 5.82 Å². The fourth-order valence-corrected chi connectivity index (χ4v) is 1.74. The number of rotatable bonds is 5. The minimum absolute atomic E-state index is 0.304. The fourth-order valence-electron chi connectivity index (χ4n) is 1.44. The Morgan fingerprint density at radius 2 is 2.27 bits per heavy atom. The van der Waals surface area contributed by atoms with Crippen LogP contribution >= 0.6 is 15.9 Å². The Bertz CT molecular complexity index is 317. The van der Waals surface area contributed by atoms with Gasteiger partial charge in [0.1, 0.15) is 0 Å². The van der Waals surface area contributed by atoms with E-state index in [1.54, 1.807) is 6.20 Å². The predicted octanol–water partition coefficient (Wildman–Crippen LogP) is 3.97. The van der Waals surface area contributed by atoms with Gasteiger partial charge in [-0.2, -0.15) is 0 Å². The van der Waals surface area contributed by atoms with Crippen LogP contribution in [-0.4, -0.2) is 11.0 Å². The molecule has 1 N–H and O–H groups in total. The Kier molecular flexibility index (Phi) is 5.02. The van der Waals surface area contributed by atoms with Gasteiger partial charge in [0.2, 0.25) is 0 Å². The zero-order valence-corrected chi connectivity index (χ0v) is 10.6. The molecular weight excluding hydrogens is 259 g/mol. The van der Waals surface area contributed by atoms with Gasteiger partial charge in [0.25, 0.3) is 0 Å². The topological polar surface area (TPSA) is 24.9 Å². The average molecular weight is 275 g/mol. The first-order valence-electron chi connectivity index (χ1n) is 5.25. The van der Waals surface area contributed by atoms with Gasteiger partial charge < -0.3 is 5.32 Å². The molecule has 0 radical (unpaired) electrons.